The van der Waals surface area contributed by atoms with Crippen molar-refractivity contribution in [3.63, 3.8) is 0 Å². The number of ketones is 1. The van der Waals surface area contributed by atoms with Gasteiger partial charge in [-0.05, 0) is 31.0 Å². The van der Waals surface area contributed by atoms with Crippen molar-refractivity contribution in [1.82, 2.24) is 5.32 Å². The SMILES string of the molecule is CC(=O)[C@H](Cc1ccccc1)NC(=O)COC(=O)Cc1c(Cl)cccc1Cl. The predicted molar refractivity (Wildman–Crippen MR) is 104 cm³/mol. The molecule has 0 saturated carbocycles. The monoisotopic (exact) mass is 407 g/mol. The van der Waals surface area contributed by atoms with Crippen LogP contribution in [0.25, 0.3) is 0 Å². The average molecular weight is 408 g/mol. The van der Waals surface area contributed by atoms with Gasteiger partial charge >= 0.3 is 5.97 Å². The second kappa shape index (κ2) is 10.1. The van der Waals surface area contributed by atoms with Crippen molar-refractivity contribution < 1.29 is 19.1 Å². The molecule has 0 unspecified atom stereocenters. The summed E-state index contributed by atoms with van der Waals surface area (Å²) in [6, 6.07) is 13.5. The summed E-state index contributed by atoms with van der Waals surface area (Å²) in [7, 11) is 0. The van der Waals surface area contributed by atoms with E-state index in [0.29, 0.717) is 22.0 Å². The van der Waals surface area contributed by atoms with Gasteiger partial charge in [0.2, 0.25) is 0 Å². The van der Waals surface area contributed by atoms with Gasteiger partial charge in [0.25, 0.3) is 5.91 Å². The Labute approximate surface area is 167 Å². The lowest BCUT2D eigenvalue weighted by molar-refractivity contribution is -0.148. The van der Waals surface area contributed by atoms with Gasteiger partial charge in [0.05, 0.1) is 12.5 Å². The summed E-state index contributed by atoms with van der Waals surface area (Å²) in [6.07, 6.45) is 0.219. The molecular weight excluding hydrogens is 389 g/mol. The lowest BCUT2D eigenvalue weighted by Gasteiger charge is -2.16. The summed E-state index contributed by atoms with van der Waals surface area (Å²) in [4.78, 5) is 35.8. The zero-order valence-corrected chi connectivity index (χ0v) is 16.2. The van der Waals surface area contributed by atoms with Gasteiger partial charge in [-0.2, -0.15) is 0 Å². The van der Waals surface area contributed by atoms with Crippen LogP contribution >= 0.6 is 23.2 Å². The van der Waals surface area contributed by atoms with Crippen molar-refractivity contribution in [2.24, 2.45) is 0 Å². The van der Waals surface area contributed by atoms with Gasteiger partial charge in [-0.1, -0.05) is 59.6 Å². The van der Waals surface area contributed by atoms with Crippen LogP contribution in [0.4, 0.5) is 0 Å². The molecule has 142 valence electrons. The Balaban J connectivity index is 1.86. The van der Waals surface area contributed by atoms with Crippen LogP contribution in [-0.2, 0) is 32.0 Å². The molecular formula is C20H19Cl2NO4. The highest BCUT2D eigenvalue weighted by Gasteiger charge is 2.19. The summed E-state index contributed by atoms with van der Waals surface area (Å²) in [5.41, 5.74) is 1.36. The molecule has 0 bridgehead atoms. The van der Waals surface area contributed by atoms with Gasteiger partial charge in [0, 0.05) is 15.6 Å². The van der Waals surface area contributed by atoms with E-state index in [1.54, 1.807) is 18.2 Å². The molecule has 1 atom stereocenters. The van der Waals surface area contributed by atoms with E-state index in [1.165, 1.54) is 6.92 Å². The van der Waals surface area contributed by atoms with Crippen LogP contribution < -0.4 is 5.32 Å². The molecule has 0 aliphatic carbocycles. The van der Waals surface area contributed by atoms with Crippen LogP contribution in [0, 0.1) is 0 Å². The first-order valence-electron chi connectivity index (χ1n) is 8.29. The number of hydrogen-bond acceptors (Lipinski definition) is 4. The highest BCUT2D eigenvalue weighted by molar-refractivity contribution is 6.36. The molecule has 2 rings (SSSR count). The van der Waals surface area contributed by atoms with Crippen molar-refractivity contribution >= 4 is 40.9 Å². The summed E-state index contributed by atoms with van der Waals surface area (Å²) < 4.78 is 4.97. The molecule has 1 N–H and O–H groups in total. The van der Waals surface area contributed by atoms with E-state index >= 15 is 0 Å². The molecule has 0 aromatic heterocycles. The molecule has 2 aromatic carbocycles. The quantitative estimate of drug-likeness (QED) is 0.680. The molecule has 0 radical (unpaired) electrons. The minimum Gasteiger partial charge on any atom is -0.455 e. The Kier molecular flexibility index (Phi) is 7.82. The van der Waals surface area contributed by atoms with Gasteiger partial charge in [-0.3, -0.25) is 14.4 Å². The van der Waals surface area contributed by atoms with E-state index in [0.717, 1.165) is 5.56 Å². The number of carbonyl (C=O) groups is 3. The minimum absolute atomic E-state index is 0.147. The summed E-state index contributed by atoms with van der Waals surface area (Å²) in [5, 5.41) is 3.29. The van der Waals surface area contributed by atoms with Crippen molar-refractivity contribution in [3.8, 4) is 0 Å². The first-order valence-corrected chi connectivity index (χ1v) is 9.04. The van der Waals surface area contributed by atoms with Gasteiger partial charge in [-0.25, -0.2) is 0 Å². The topological polar surface area (TPSA) is 72.5 Å². The predicted octanol–water partition coefficient (Wildman–Crippen LogP) is 3.40. The third-order valence-electron chi connectivity index (χ3n) is 3.86. The van der Waals surface area contributed by atoms with Crippen molar-refractivity contribution in [3.05, 3.63) is 69.7 Å². The third kappa shape index (κ3) is 6.70. The molecule has 0 fully saturated rings. The first-order chi connectivity index (χ1) is 12.9. The number of esters is 1. The first kappa shape index (κ1) is 20.9. The number of Topliss-reactive ketones (excluding diaryl/α,β-unsaturated/α-hetero) is 1. The van der Waals surface area contributed by atoms with Crippen molar-refractivity contribution in [2.45, 2.75) is 25.8 Å². The van der Waals surface area contributed by atoms with Gasteiger partial charge < -0.3 is 10.1 Å². The van der Waals surface area contributed by atoms with Crippen LogP contribution in [0.5, 0.6) is 0 Å². The lowest BCUT2D eigenvalue weighted by Crippen LogP contribution is -2.43. The minimum atomic E-state index is -0.684. The highest BCUT2D eigenvalue weighted by atomic mass is 35.5. The Morgan fingerprint density at radius 3 is 2.22 bits per heavy atom. The second-order valence-corrected chi connectivity index (χ2v) is 6.77. The maximum atomic E-state index is 12.0. The summed E-state index contributed by atoms with van der Waals surface area (Å²) in [5.74, 6) is -1.37. The van der Waals surface area contributed by atoms with E-state index in [-0.39, 0.29) is 12.2 Å². The van der Waals surface area contributed by atoms with Crippen molar-refractivity contribution in [1.29, 1.82) is 0 Å². The Bertz CT molecular complexity index is 804. The molecule has 1 amide bonds. The number of halogens is 2. The molecule has 7 heteroatoms. The van der Waals surface area contributed by atoms with E-state index in [1.807, 2.05) is 30.3 Å². The van der Waals surface area contributed by atoms with Gasteiger partial charge in [-0.15, -0.1) is 0 Å². The van der Waals surface area contributed by atoms with E-state index in [2.05, 4.69) is 5.32 Å². The summed E-state index contributed by atoms with van der Waals surface area (Å²) in [6.45, 7) is 0.915. The molecule has 0 heterocycles. The van der Waals surface area contributed by atoms with Crippen LogP contribution in [0.15, 0.2) is 48.5 Å². The van der Waals surface area contributed by atoms with Gasteiger partial charge in [0.1, 0.15) is 0 Å². The smallest absolute Gasteiger partial charge is 0.310 e. The molecule has 5 nitrogen and oxygen atoms in total. The maximum Gasteiger partial charge on any atom is 0.310 e. The molecule has 0 spiro atoms. The largest absolute Gasteiger partial charge is 0.455 e. The summed E-state index contributed by atoms with van der Waals surface area (Å²) >= 11 is 12.0. The highest BCUT2D eigenvalue weighted by Crippen LogP contribution is 2.24. The average Bonchev–Trinajstić information content (AvgIpc) is 2.63. The zero-order chi connectivity index (χ0) is 19.8. The number of hydrogen-bond donors (Lipinski definition) is 1. The number of benzene rings is 2. The Hall–Kier alpha value is -2.37. The molecule has 0 saturated heterocycles. The number of rotatable bonds is 8. The molecule has 27 heavy (non-hydrogen) atoms. The van der Waals surface area contributed by atoms with Crippen LogP contribution in [0.3, 0.4) is 0 Å². The van der Waals surface area contributed by atoms with Gasteiger partial charge in [0.15, 0.2) is 12.4 Å². The standard InChI is InChI=1S/C20H19Cl2NO4/c1-13(24)18(10-14-6-3-2-4-7-14)23-19(25)12-27-20(26)11-15-16(21)8-5-9-17(15)22/h2-9,18H,10-12H2,1H3,(H,23,25)/t18-/m0/s1. The van der Waals surface area contributed by atoms with E-state index < -0.39 is 24.5 Å². The Morgan fingerprint density at radius 1 is 1.00 bits per heavy atom. The van der Waals surface area contributed by atoms with Crippen LogP contribution in [0.2, 0.25) is 10.0 Å². The third-order valence-corrected chi connectivity index (χ3v) is 4.56. The number of ether oxygens (including phenoxy) is 1. The second-order valence-electron chi connectivity index (χ2n) is 5.96. The van der Waals surface area contributed by atoms with E-state index in [9.17, 15) is 14.4 Å². The molecule has 2 aromatic rings. The number of amides is 1. The fraction of sp³-hybridized carbons (Fsp3) is 0.250. The number of nitrogens with one attached hydrogen (secondary N) is 1. The fourth-order valence-electron chi connectivity index (χ4n) is 2.42. The normalized spacial score (nSPS) is 11.5. The Morgan fingerprint density at radius 2 is 1.63 bits per heavy atom. The number of carbonyl (C=O) groups excluding carboxylic acids is 3. The molecule has 0 aliphatic rings. The van der Waals surface area contributed by atoms with Crippen molar-refractivity contribution in [2.75, 3.05) is 6.61 Å². The van der Waals surface area contributed by atoms with Crippen LogP contribution in [0.1, 0.15) is 18.1 Å². The van der Waals surface area contributed by atoms with E-state index in [4.69, 9.17) is 27.9 Å². The fourth-order valence-corrected chi connectivity index (χ4v) is 2.96. The zero-order valence-electron chi connectivity index (χ0n) is 14.7. The lowest BCUT2D eigenvalue weighted by atomic mass is 10.0. The maximum absolute atomic E-state index is 12.0. The molecule has 0 aliphatic heterocycles. The van der Waals surface area contributed by atoms with Crippen LogP contribution in [-0.4, -0.2) is 30.3 Å².